The molecule has 2 aromatic rings. The molecule has 0 saturated heterocycles. The van der Waals surface area contributed by atoms with Gasteiger partial charge in [-0.1, -0.05) is 48.5 Å². The number of para-hydroxylation sites is 1. The molecule has 0 saturated carbocycles. The van der Waals surface area contributed by atoms with Crippen LogP contribution in [0.2, 0.25) is 0 Å². The van der Waals surface area contributed by atoms with Crippen LogP contribution in [0.5, 0.6) is 5.75 Å². The zero-order chi connectivity index (χ0) is 14.0. The second-order valence-corrected chi connectivity index (χ2v) is 4.72. The first-order chi connectivity index (χ1) is 9.84. The molecule has 114 valence electrons. The Kier molecular flexibility index (Phi) is 8.51. The highest BCUT2D eigenvalue weighted by Gasteiger charge is 2.04. The molecule has 4 heteroatoms. The Bertz CT molecular complexity index is 479. The Morgan fingerprint density at radius 2 is 1.57 bits per heavy atom. The molecule has 3 nitrogen and oxygen atoms in total. The van der Waals surface area contributed by atoms with E-state index in [2.05, 4.69) is 17.4 Å². The van der Waals surface area contributed by atoms with Crippen LogP contribution in [0.1, 0.15) is 5.56 Å². The van der Waals surface area contributed by atoms with Gasteiger partial charge in [-0.15, -0.1) is 12.4 Å². The van der Waals surface area contributed by atoms with Gasteiger partial charge in [0.15, 0.2) is 0 Å². The molecule has 0 aliphatic rings. The van der Waals surface area contributed by atoms with Crippen LogP contribution in [0.25, 0.3) is 0 Å². The number of rotatable bonds is 8. The predicted octanol–water partition coefficient (Wildman–Crippen LogP) is 2.68. The van der Waals surface area contributed by atoms with E-state index in [1.54, 1.807) is 0 Å². The van der Waals surface area contributed by atoms with E-state index in [-0.39, 0.29) is 12.4 Å². The number of aliphatic hydroxyl groups excluding tert-OH is 1. The number of aliphatic hydroxyl groups is 1. The Hall–Kier alpha value is -1.55. The topological polar surface area (TPSA) is 41.5 Å². The molecule has 0 spiro atoms. The highest BCUT2D eigenvalue weighted by Crippen LogP contribution is 2.08. The standard InChI is InChI=1S/C17H21NO2.ClH/c19-16(14-20-17-9-5-2-6-10-17)13-18-12-11-15-7-3-1-4-8-15;/h1-10,16,18-19H,11-14H2;1H. The number of hydrogen-bond donors (Lipinski definition) is 2. The van der Waals surface area contributed by atoms with Gasteiger partial charge >= 0.3 is 0 Å². The highest BCUT2D eigenvalue weighted by molar-refractivity contribution is 5.85. The third kappa shape index (κ3) is 7.14. The Labute approximate surface area is 132 Å². The smallest absolute Gasteiger partial charge is 0.119 e. The lowest BCUT2D eigenvalue weighted by Gasteiger charge is -2.13. The summed E-state index contributed by atoms with van der Waals surface area (Å²) < 4.78 is 5.49. The molecule has 0 aliphatic carbocycles. The summed E-state index contributed by atoms with van der Waals surface area (Å²) >= 11 is 0. The van der Waals surface area contributed by atoms with E-state index in [0.29, 0.717) is 13.2 Å². The van der Waals surface area contributed by atoms with Crippen LogP contribution in [-0.2, 0) is 6.42 Å². The molecule has 0 fully saturated rings. The minimum Gasteiger partial charge on any atom is -0.491 e. The molecule has 1 atom stereocenters. The minimum atomic E-state index is -0.494. The van der Waals surface area contributed by atoms with Crippen molar-refractivity contribution in [1.82, 2.24) is 5.32 Å². The maximum absolute atomic E-state index is 9.82. The van der Waals surface area contributed by atoms with Crippen LogP contribution >= 0.6 is 12.4 Å². The quantitative estimate of drug-likeness (QED) is 0.737. The SMILES string of the molecule is Cl.OC(CNCCc1ccccc1)COc1ccccc1. The summed E-state index contributed by atoms with van der Waals surface area (Å²) in [7, 11) is 0. The van der Waals surface area contributed by atoms with Crippen molar-refractivity contribution in [3.63, 3.8) is 0 Å². The Morgan fingerprint density at radius 3 is 2.24 bits per heavy atom. The predicted molar refractivity (Wildman–Crippen MR) is 88.2 cm³/mol. The van der Waals surface area contributed by atoms with E-state index in [9.17, 15) is 5.11 Å². The van der Waals surface area contributed by atoms with Crippen molar-refractivity contribution in [2.75, 3.05) is 19.7 Å². The van der Waals surface area contributed by atoms with Gasteiger partial charge in [0.2, 0.25) is 0 Å². The van der Waals surface area contributed by atoms with Crippen LogP contribution < -0.4 is 10.1 Å². The van der Waals surface area contributed by atoms with Crippen molar-refractivity contribution < 1.29 is 9.84 Å². The van der Waals surface area contributed by atoms with Gasteiger partial charge in [-0.3, -0.25) is 0 Å². The van der Waals surface area contributed by atoms with Gasteiger partial charge in [0, 0.05) is 6.54 Å². The minimum absolute atomic E-state index is 0. The molecule has 0 aromatic heterocycles. The lowest BCUT2D eigenvalue weighted by Crippen LogP contribution is -2.32. The fraction of sp³-hybridized carbons (Fsp3) is 0.294. The van der Waals surface area contributed by atoms with Crippen molar-refractivity contribution in [3.05, 3.63) is 66.2 Å². The number of hydrogen-bond acceptors (Lipinski definition) is 3. The van der Waals surface area contributed by atoms with Gasteiger partial charge < -0.3 is 15.2 Å². The Morgan fingerprint density at radius 1 is 0.952 bits per heavy atom. The summed E-state index contributed by atoms with van der Waals surface area (Å²) in [5.74, 6) is 0.788. The second kappa shape index (κ2) is 10.2. The van der Waals surface area contributed by atoms with E-state index in [1.165, 1.54) is 5.56 Å². The first-order valence-corrected chi connectivity index (χ1v) is 6.95. The molecule has 0 bridgehead atoms. The summed E-state index contributed by atoms with van der Waals surface area (Å²) in [5, 5.41) is 13.1. The fourth-order valence-electron chi connectivity index (χ4n) is 1.91. The van der Waals surface area contributed by atoms with Gasteiger partial charge in [-0.2, -0.15) is 0 Å². The van der Waals surface area contributed by atoms with Crippen LogP contribution in [0.3, 0.4) is 0 Å². The molecule has 2 aromatic carbocycles. The molecular formula is C17H22ClNO2. The first kappa shape index (κ1) is 17.5. The van der Waals surface area contributed by atoms with Gasteiger partial charge in [0.1, 0.15) is 18.5 Å². The monoisotopic (exact) mass is 307 g/mol. The maximum Gasteiger partial charge on any atom is 0.119 e. The molecule has 21 heavy (non-hydrogen) atoms. The normalized spacial score (nSPS) is 11.5. The number of benzene rings is 2. The molecule has 0 radical (unpaired) electrons. The third-order valence-electron chi connectivity index (χ3n) is 3.00. The number of halogens is 1. The zero-order valence-electron chi connectivity index (χ0n) is 11.9. The summed E-state index contributed by atoms with van der Waals surface area (Å²) in [5.41, 5.74) is 1.30. The van der Waals surface area contributed by atoms with E-state index in [4.69, 9.17) is 4.74 Å². The largest absolute Gasteiger partial charge is 0.491 e. The lowest BCUT2D eigenvalue weighted by atomic mass is 10.1. The number of nitrogens with one attached hydrogen (secondary N) is 1. The van der Waals surface area contributed by atoms with E-state index < -0.39 is 6.10 Å². The van der Waals surface area contributed by atoms with Crippen molar-refractivity contribution in [2.24, 2.45) is 0 Å². The van der Waals surface area contributed by atoms with Crippen molar-refractivity contribution in [3.8, 4) is 5.75 Å². The Balaban J connectivity index is 0.00000220. The van der Waals surface area contributed by atoms with Gasteiger partial charge in [0.05, 0.1) is 0 Å². The second-order valence-electron chi connectivity index (χ2n) is 4.72. The van der Waals surface area contributed by atoms with E-state index >= 15 is 0 Å². The molecule has 0 amide bonds. The first-order valence-electron chi connectivity index (χ1n) is 6.95. The van der Waals surface area contributed by atoms with E-state index in [0.717, 1.165) is 18.7 Å². The molecule has 1 unspecified atom stereocenters. The molecule has 0 aliphatic heterocycles. The molecular weight excluding hydrogens is 286 g/mol. The average Bonchev–Trinajstić information content (AvgIpc) is 2.52. The van der Waals surface area contributed by atoms with Crippen LogP contribution in [0.4, 0.5) is 0 Å². The lowest BCUT2D eigenvalue weighted by molar-refractivity contribution is 0.106. The molecule has 2 N–H and O–H groups in total. The van der Waals surface area contributed by atoms with Crippen LogP contribution in [0.15, 0.2) is 60.7 Å². The van der Waals surface area contributed by atoms with Crippen molar-refractivity contribution >= 4 is 12.4 Å². The maximum atomic E-state index is 9.82. The summed E-state index contributed by atoms with van der Waals surface area (Å²) in [6, 6.07) is 19.9. The fourth-order valence-corrected chi connectivity index (χ4v) is 1.91. The van der Waals surface area contributed by atoms with Gasteiger partial charge in [-0.25, -0.2) is 0 Å². The highest BCUT2D eigenvalue weighted by atomic mass is 35.5. The van der Waals surface area contributed by atoms with E-state index in [1.807, 2.05) is 48.5 Å². The van der Waals surface area contributed by atoms with Gasteiger partial charge in [0.25, 0.3) is 0 Å². The van der Waals surface area contributed by atoms with Crippen LogP contribution in [0, 0.1) is 0 Å². The summed E-state index contributed by atoms with van der Waals surface area (Å²) in [6.07, 6.45) is 0.471. The zero-order valence-corrected chi connectivity index (χ0v) is 12.8. The third-order valence-corrected chi connectivity index (χ3v) is 3.00. The summed E-state index contributed by atoms with van der Waals surface area (Å²) in [4.78, 5) is 0. The molecule has 0 heterocycles. The van der Waals surface area contributed by atoms with Crippen molar-refractivity contribution in [2.45, 2.75) is 12.5 Å². The van der Waals surface area contributed by atoms with Crippen LogP contribution in [-0.4, -0.2) is 30.9 Å². The van der Waals surface area contributed by atoms with Gasteiger partial charge in [-0.05, 0) is 30.7 Å². The summed E-state index contributed by atoms with van der Waals surface area (Å²) in [6.45, 7) is 1.70. The molecule has 2 rings (SSSR count). The number of ether oxygens (including phenoxy) is 1. The average molecular weight is 308 g/mol. The van der Waals surface area contributed by atoms with Crippen molar-refractivity contribution in [1.29, 1.82) is 0 Å².